The Morgan fingerprint density at radius 3 is 2.84 bits per heavy atom. The van der Waals surface area contributed by atoms with E-state index in [1.165, 1.54) is 0 Å². The van der Waals surface area contributed by atoms with Gasteiger partial charge in [0.15, 0.2) is 0 Å². The Labute approximate surface area is 123 Å². The van der Waals surface area contributed by atoms with Crippen LogP contribution in [0.4, 0.5) is 5.69 Å². The van der Waals surface area contributed by atoms with Gasteiger partial charge in [0.2, 0.25) is 0 Å². The molecule has 2 aromatic heterocycles. The molecule has 0 aliphatic heterocycles. The molecule has 1 N–H and O–H groups in total. The highest BCUT2D eigenvalue weighted by molar-refractivity contribution is 9.10. The molecule has 0 aliphatic carbocycles. The summed E-state index contributed by atoms with van der Waals surface area (Å²) >= 11 is 4.43. The Balaban J connectivity index is 2.21. The van der Waals surface area contributed by atoms with Crippen LogP contribution >= 0.6 is 27.5 Å². The second-order valence-electron chi connectivity index (χ2n) is 4.43. The number of pyridine rings is 1. The van der Waals surface area contributed by atoms with Gasteiger partial charge in [-0.15, -0.1) is 5.10 Å². The van der Waals surface area contributed by atoms with E-state index in [0.29, 0.717) is 10.6 Å². The smallest absolute Gasteiger partial charge is 0.269 e. The molecule has 0 aliphatic rings. The number of carbonyl (C=O) groups is 1. The minimum Gasteiger partial charge on any atom is -0.320 e. The van der Waals surface area contributed by atoms with Crippen LogP contribution < -0.4 is 5.32 Å². The van der Waals surface area contributed by atoms with Crippen molar-refractivity contribution >= 4 is 39.1 Å². The summed E-state index contributed by atoms with van der Waals surface area (Å²) in [7, 11) is 0. The number of rotatable bonds is 3. The van der Waals surface area contributed by atoms with Crippen LogP contribution in [0.15, 0.2) is 16.9 Å². The Bertz CT molecular complexity index is 612. The maximum atomic E-state index is 12.2. The summed E-state index contributed by atoms with van der Waals surface area (Å²) in [6, 6.07) is 1.86. The summed E-state index contributed by atoms with van der Waals surface area (Å²) in [4.78, 5) is 16.9. The second-order valence-corrected chi connectivity index (χ2v) is 5.93. The molecule has 19 heavy (non-hydrogen) atoms. The van der Waals surface area contributed by atoms with Gasteiger partial charge in [-0.05, 0) is 51.9 Å². The summed E-state index contributed by atoms with van der Waals surface area (Å²) in [5.41, 5.74) is 2.35. The van der Waals surface area contributed by atoms with Gasteiger partial charge in [-0.3, -0.25) is 4.79 Å². The van der Waals surface area contributed by atoms with E-state index in [0.717, 1.165) is 27.4 Å². The molecule has 2 heterocycles. The fraction of sp³-hybridized carbons (Fsp3) is 0.333. The Morgan fingerprint density at radius 2 is 2.21 bits per heavy atom. The van der Waals surface area contributed by atoms with Crippen molar-refractivity contribution in [3.8, 4) is 0 Å². The first kappa shape index (κ1) is 14.1. The molecule has 0 bridgehead atoms. The lowest BCUT2D eigenvalue weighted by Crippen LogP contribution is -2.13. The first-order valence-corrected chi connectivity index (χ1v) is 7.31. The number of aryl methyl sites for hydroxylation is 1. The average molecular weight is 341 g/mol. The third kappa shape index (κ3) is 3.16. The van der Waals surface area contributed by atoms with Gasteiger partial charge < -0.3 is 5.32 Å². The van der Waals surface area contributed by atoms with Crippen LogP contribution in [0.1, 0.15) is 40.7 Å². The van der Waals surface area contributed by atoms with Crippen molar-refractivity contribution in [3.63, 3.8) is 0 Å². The van der Waals surface area contributed by atoms with Gasteiger partial charge >= 0.3 is 0 Å². The van der Waals surface area contributed by atoms with E-state index in [2.05, 4.69) is 35.8 Å². The minimum atomic E-state index is -0.192. The summed E-state index contributed by atoms with van der Waals surface area (Å²) in [5, 5.41) is 6.81. The number of nitrogens with zero attached hydrogens (tertiary/aromatic N) is 3. The van der Waals surface area contributed by atoms with Crippen LogP contribution in [0.2, 0.25) is 0 Å². The first-order valence-electron chi connectivity index (χ1n) is 5.74. The number of aromatic nitrogens is 3. The van der Waals surface area contributed by atoms with Crippen molar-refractivity contribution in [3.05, 3.63) is 33.0 Å². The first-order chi connectivity index (χ1) is 8.99. The Hall–Kier alpha value is -1.34. The van der Waals surface area contributed by atoms with Gasteiger partial charge in [0.25, 0.3) is 5.91 Å². The third-order valence-corrected chi connectivity index (χ3v) is 4.11. The average Bonchev–Trinajstić information content (AvgIpc) is 2.83. The highest BCUT2D eigenvalue weighted by atomic mass is 79.9. The number of hydrogen-bond acceptors (Lipinski definition) is 5. The molecule has 0 fully saturated rings. The zero-order valence-corrected chi connectivity index (χ0v) is 13.2. The van der Waals surface area contributed by atoms with E-state index in [1.807, 2.05) is 26.8 Å². The van der Waals surface area contributed by atoms with Crippen molar-refractivity contribution in [2.24, 2.45) is 0 Å². The standard InChI is InChI=1S/C12H13BrN4OS/c1-6(2)9-10(19-17-16-9)12(18)15-8-4-7(3)11(13)14-5-8/h4-6H,1-3H3,(H,15,18). The topological polar surface area (TPSA) is 67.8 Å². The minimum absolute atomic E-state index is 0.171. The van der Waals surface area contributed by atoms with Crippen molar-refractivity contribution < 1.29 is 4.79 Å². The highest BCUT2D eigenvalue weighted by Crippen LogP contribution is 2.22. The van der Waals surface area contributed by atoms with E-state index in [4.69, 9.17) is 0 Å². The van der Waals surface area contributed by atoms with Crippen LogP contribution in [-0.2, 0) is 0 Å². The zero-order valence-electron chi connectivity index (χ0n) is 10.8. The maximum Gasteiger partial charge on any atom is 0.269 e. The molecule has 0 atom stereocenters. The molecular formula is C12H13BrN4OS. The Morgan fingerprint density at radius 1 is 1.47 bits per heavy atom. The summed E-state index contributed by atoms with van der Waals surface area (Å²) in [6.07, 6.45) is 1.61. The van der Waals surface area contributed by atoms with Crippen LogP contribution in [0.25, 0.3) is 0 Å². The lowest BCUT2D eigenvalue weighted by Gasteiger charge is -2.07. The number of halogens is 1. The fourth-order valence-corrected chi connectivity index (χ4v) is 2.48. The predicted octanol–water partition coefficient (Wildman–Crippen LogP) is 3.38. The molecular weight excluding hydrogens is 328 g/mol. The monoisotopic (exact) mass is 340 g/mol. The molecule has 5 nitrogen and oxygen atoms in total. The van der Waals surface area contributed by atoms with E-state index >= 15 is 0 Å². The quantitative estimate of drug-likeness (QED) is 0.869. The van der Waals surface area contributed by atoms with Crippen LogP contribution in [-0.4, -0.2) is 20.5 Å². The molecule has 7 heteroatoms. The molecule has 100 valence electrons. The number of carbonyl (C=O) groups excluding carboxylic acids is 1. The van der Waals surface area contributed by atoms with Crippen molar-refractivity contribution in [2.75, 3.05) is 5.32 Å². The molecule has 0 saturated heterocycles. The van der Waals surface area contributed by atoms with Crippen molar-refractivity contribution in [2.45, 2.75) is 26.7 Å². The SMILES string of the molecule is Cc1cc(NC(=O)c2snnc2C(C)C)cnc1Br. The number of hydrogen-bond donors (Lipinski definition) is 1. The van der Waals surface area contributed by atoms with E-state index < -0.39 is 0 Å². The molecule has 0 saturated carbocycles. The number of anilines is 1. The molecule has 0 spiro atoms. The van der Waals surface area contributed by atoms with Gasteiger partial charge in [0.05, 0.1) is 17.6 Å². The zero-order chi connectivity index (χ0) is 14.0. The molecule has 0 aromatic carbocycles. The van der Waals surface area contributed by atoms with Crippen molar-refractivity contribution in [1.82, 2.24) is 14.6 Å². The highest BCUT2D eigenvalue weighted by Gasteiger charge is 2.18. The number of nitrogens with one attached hydrogen (secondary N) is 1. The van der Waals surface area contributed by atoms with Gasteiger partial charge in [0, 0.05) is 0 Å². The van der Waals surface area contributed by atoms with Crippen LogP contribution in [0.3, 0.4) is 0 Å². The molecule has 2 aromatic rings. The van der Waals surface area contributed by atoms with Gasteiger partial charge in [-0.25, -0.2) is 4.98 Å². The van der Waals surface area contributed by atoms with E-state index in [9.17, 15) is 4.79 Å². The third-order valence-electron chi connectivity index (χ3n) is 2.54. The largest absolute Gasteiger partial charge is 0.320 e. The second kappa shape index (κ2) is 5.75. The molecule has 2 rings (SSSR count). The van der Waals surface area contributed by atoms with Gasteiger partial charge in [-0.1, -0.05) is 18.3 Å². The molecule has 0 unspecified atom stereocenters. The fourth-order valence-electron chi connectivity index (χ4n) is 1.55. The lowest BCUT2D eigenvalue weighted by molar-refractivity contribution is 0.102. The molecule has 0 radical (unpaired) electrons. The van der Waals surface area contributed by atoms with Gasteiger partial charge in [-0.2, -0.15) is 0 Å². The normalized spacial score (nSPS) is 10.8. The van der Waals surface area contributed by atoms with Crippen LogP contribution in [0, 0.1) is 6.92 Å². The van der Waals surface area contributed by atoms with E-state index in [1.54, 1.807) is 6.20 Å². The predicted molar refractivity (Wildman–Crippen MR) is 78.6 cm³/mol. The lowest BCUT2D eigenvalue weighted by atomic mass is 10.1. The summed E-state index contributed by atoms with van der Waals surface area (Å²) < 4.78 is 4.62. The van der Waals surface area contributed by atoms with Crippen molar-refractivity contribution in [1.29, 1.82) is 0 Å². The molecule has 1 amide bonds. The van der Waals surface area contributed by atoms with Gasteiger partial charge in [0.1, 0.15) is 9.48 Å². The maximum absolute atomic E-state index is 12.2. The van der Waals surface area contributed by atoms with E-state index in [-0.39, 0.29) is 11.8 Å². The Kier molecular flexibility index (Phi) is 4.26. The summed E-state index contributed by atoms with van der Waals surface area (Å²) in [6.45, 7) is 5.89. The van der Waals surface area contributed by atoms with Crippen LogP contribution in [0.5, 0.6) is 0 Å². The summed E-state index contributed by atoms with van der Waals surface area (Å²) in [5.74, 6) is -0.0218. The number of amides is 1.